The number of carbonyl (C=O) groups excluding carboxylic acids is 6. The number of halogens is 4. The molecule has 4 aliphatic rings. The summed E-state index contributed by atoms with van der Waals surface area (Å²) in [5.74, 6) is -0.720. The number of nitrogens with one attached hydrogen (secondary N) is 3. The van der Waals surface area contributed by atoms with Crippen LogP contribution in [0.5, 0.6) is 0 Å². The number of anilines is 3. The van der Waals surface area contributed by atoms with E-state index in [4.69, 9.17) is 16.3 Å². The molecule has 3 heterocycles. The predicted molar refractivity (Wildman–Crippen MR) is 359 cm³/mol. The second-order valence-electron chi connectivity index (χ2n) is 24.7. The molecule has 0 bridgehead atoms. The number of benzene rings is 5. The third kappa shape index (κ3) is 18.4. The molecule has 93 heavy (non-hydrogen) atoms. The second-order valence-corrected chi connectivity index (χ2v) is 28.1. The van der Waals surface area contributed by atoms with Crippen molar-refractivity contribution < 1.29 is 55.1 Å². The van der Waals surface area contributed by atoms with Gasteiger partial charge in [-0.15, -0.1) is 11.8 Å². The molecule has 1 spiro atoms. The Morgan fingerprint density at radius 2 is 1.48 bits per heavy atom. The number of morpholine rings is 1. The van der Waals surface area contributed by atoms with E-state index in [0.29, 0.717) is 94.4 Å². The van der Waals surface area contributed by atoms with Crippen molar-refractivity contribution in [2.45, 2.75) is 104 Å². The number of aldehydes is 2. The summed E-state index contributed by atoms with van der Waals surface area (Å²) < 4.78 is 75.3. The Hall–Kier alpha value is -7.08. The van der Waals surface area contributed by atoms with E-state index >= 15 is 0 Å². The Balaban J connectivity index is 0.754. The highest BCUT2D eigenvalue weighted by atomic mass is 35.5. The zero-order valence-electron chi connectivity index (χ0n) is 52.9. The monoisotopic (exact) mass is 1340 g/mol. The number of alkyl halides is 3. The maximum absolute atomic E-state index is 14.4. The topological polar surface area (TPSA) is 198 Å². The number of ketones is 1. The van der Waals surface area contributed by atoms with Gasteiger partial charge in [-0.05, 0) is 129 Å². The highest BCUT2D eigenvalue weighted by Crippen LogP contribution is 2.49. The molecular weight excluding hydrogens is 1250 g/mol. The molecule has 23 heteroatoms. The molecule has 17 nitrogen and oxygen atoms in total. The summed E-state index contributed by atoms with van der Waals surface area (Å²) in [6.07, 6.45) is 9.53. The van der Waals surface area contributed by atoms with Crippen molar-refractivity contribution in [3.8, 4) is 0 Å². The number of piperazine rings is 1. The standard InChI is InChI=1S/C70H84ClF3N8O9S2/c1-75-64(85)28-26-58(46-84)78(2)68(88)66-53(45-83)12-11-15-62(66)76-32-10-5-3-4-9-16-65(86)82-48-69(49-82)31-29-60(50-17-22-55(71)23-18-50)54(43-69)44-80-34-36-81(37-35-80)57-24-19-51(20-25-57)67(87)52-21-27-61(63(42-52)93(89,90)70(72,73)74)77-56(30-33-79-38-40-91-41-39-79)47-92-59-13-7-6-8-14-59/h6-8,11-15,17-25,27,42,45-46,56,58,76-77H,3-5,9-10,16,26,28-41,43-44,47-49H2,1-2H3,(H,75,85). The van der Waals surface area contributed by atoms with Gasteiger partial charge >= 0.3 is 5.51 Å². The van der Waals surface area contributed by atoms with Crippen LogP contribution < -0.4 is 20.9 Å². The Morgan fingerprint density at radius 1 is 0.785 bits per heavy atom. The molecular formula is C70H84ClF3N8O9S2. The van der Waals surface area contributed by atoms with Gasteiger partial charge in [0, 0.05) is 154 Å². The lowest BCUT2D eigenvalue weighted by Crippen LogP contribution is -2.59. The number of hydrogen-bond donors (Lipinski definition) is 3. The van der Waals surface area contributed by atoms with Gasteiger partial charge in [0.2, 0.25) is 11.8 Å². The van der Waals surface area contributed by atoms with Crippen LogP contribution >= 0.6 is 23.4 Å². The molecule has 9 rings (SSSR count). The summed E-state index contributed by atoms with van der Waals surface area (Å²) in [5.41, 5.74) is -0.194. The van der Waals surface area contributed by atoms with E-state index in [-0.39, 0.29) is 58.0 Å². The van der Waals surface area contributed by atoms with Crippen molar-refractivity contribution in [2.75, 3.05) is 121 Å². The lowest BCUT2D eigenvalue weighted by atomic mass is 9.65. The molecule has 0 aromatic heterocycles. The van der Waals surface area contributed by atoms with E-state index in [1.54, 1.807) is 30.3 Å². The van der Waals surface area contributed by atoms with Crippen LogP contribution in [-0.4, -0.2) is 187 Å². The number of likely N-dealkylation sites (N-methyl/N-ethyl adjacent to an activating group) is 1. The molecule has 3 aliphatic heterocycles. The fraction of sp³-hybridized carbons (Fsp3) is 0.457. The van der Waals surface area contributed by atoms with Crippen LogP contribution in [0.4, 0.5) is 30.2 Å². The zero-order valence-corrected chi connectivity index (χ0v) is 55.3. The Morgan fingerprint density at radius 3 is 2.17 bits per heavy atom. The molecule has 2 atom stereocenters. The summed E-state index contributed by atoms with van der Waals surface area (Å²) in [7, 11) is -2.89. The number of unbranched alkanes of at least 4 members (excludes halogenated alkanes) is 4. The molecule has 0 radical (unpaired) electrons. The second kappa shape index (κ2) is 32.9. The van der Waals surface area contributed by atoms with Crippen LogP contribution in [0.3, 0.4) is 0 Å². The highest BCUT2D eigenvalue weighted by Gasteiger charge is 2.49. The first-order valence-corrected chi connectivity index (χ1v) is 34.9. The first kappa shape index (κ1) is 70.2. The molecule has 498 valence electrons. The lowest BCUT2D eigenvalue weighted by Gasteiger charge is -2.53. The number of ether oxygens (including phenoxy) is 1. The number of likely N-dealkylation sites (tertiary alicyclic amines) is 1. The lowest BCUT2D eigenvalue weighted by molar-refractivity contribution is -0.144. The smallest absolute Gasteiger partial charge is 0.384 e. The summed E-state index contributed by atoms with van der Waals surface area (Å²) >= 11 is 7.87. The number of thioether (sulfide) groups is 1. The molecule has 3 saturated heterocycles. The number of amides is 3. The van der Waals surface area contributed by atoms with Crippen LogP contribution in [0.2, 0.25) is 5.02 Å². The van der Waals surface area contributed by atoms with Crippen LogP contribution in [-0.2, 0) is 29.0 Å². The molecule has 2 unspecified atom stereocenters. The van der Waals surface area contributed by atoms with Crippen molar-refractivity contribution >= 4 is 91.9 Å². The van der Waals surface area contributed by atoms with Gasteiger partial charge in [-0.3, -0.25) is 33.8 Å². The van der Waals surface area contributed by atoms with Gasteiger partial charge in [0.25, 0.3) is 15.7 Å². The van der Waals surface area contributed by atoms with Crippen LogP contribution in [0.15, 0.2) is 131 Å². The molecule has 3 fully saturated rings. The molecule has 0 saturated carbocycles. The number of hydrogen-bond acceptors (Lipinski definition) is 15. The minimum atomic E-state index is -5.88. The number of sulfone groups is 1. The van der Waals surface area contributed by atoms with Crippen LogP contribution in [0.25, 0.3) is 5.57 Å². The van der Waals surface area contributed by atoms with Gasteiger partial charge in [-0.25, -0.2) is 8.42 Å². The van der Waals surface area contributed by atoms with E-state index in [9.17, 15) is 50.4 Å². The van der Waals surface area contributed by atoms with Crippen molar-refractivity contribution in [3.05, 3.63) is 154 Å². The molecule has 3 amide bonds. The predicted octanol–water partition coefficient (Wildman–Crippen LogP) is 11.2. The largest absolute Gasteiger partial charge is 0.501 e. The van der Waals surface area contributed by atoms with Crippen LogP contribution in [0, 0.1) is 5.41 Å². The fourth-order valence-electron chi connectivity index (χ4n) is 12.9. The van der Waals surface area contributed by atoms with Crippen molar-refractivity contribution in [2.24, 2.45) is 5.41 Å². The first-order chi connectivity index (χ1) is 44.8. The average molecular weight is 1340 g/mol. The van der Waals surface area contributed by atoms with E-state index in [0.717, 1.165) is 106 Å². The summed E-state index contributed by atoms with van der Waals surface area (Å²) in [5, 5.41) is 9.64. The number of rotatable bonds is 31. The van der Waals surface area contributed by atoms with Crippen molar-refractivity contribution in [3.63, 3.8) is 0 Å². The van der Waals surface area contributed by atoms with Gasteiger partial charge in [0.1, 0.15) is 6.29 Å². The first-order valence-electron chi connectivity index (χ1n) is 32.1. The zero-order chi connectivity index (χ0) is 66.1. The maximum atomic E-state index is 14.4. The van der Waals surface area contributed by atoms with Gasteiger partial charge < -0.3 is 40.2 Å². The average Bonchev–Trinajstić information content (AvgIpc) is 0.863. The summed E-state index contributed by atoms with van der Waals surface area (Å²) in [6.45, 7) is 8.94. The van der Waals surface area contributed by atoms with Gasteiger partial charge in [-0.1, -0.05) is 78.9 Å². The minimum Gasteiger partial charge on any atom is -0.384 e. The molecule has 1 aliphatic carbocycles. The molecule has 3 N–H and O–H groups in total. The van der Waals surface area contributed by atoms with E-state index in [2.05, 4.69) is 42.8 Å². The highest BCUT2D eigenvalue weighted by molar-refractivity contribution is 7.99. The number of carbonyl (C=O) groups is 6. The fourth-order valence-corrected chi connectivity index (χ4v) is 14.9. The van der Waals surface area contributed by atoms with E-state index in [1.807, 2.05) is 59.5 Å². The number of nitrogens with zero attached hydrogens (tertiary/aromatic N) is 5. The van der Waals surface area contributed by atoms with Crippen molar-refractivity contribution in [1.82, 2.24) is 24.9 Å². The van der Waals surface area contributed by atoms with Crippen molar-refractivity contribution in [1.29, 1.82) is 0 Å². The quantitative estimate of drug-likeness (QED) is 0.0164. The van der Waals surface area contributed by atoms with Crippen LogP contribution in [0.1, 0.15) is 119 Å². The van der Waals surface area contributed by atoms with Gasteiger partial charge in [-0.2, -0.15) is 13.2 Å². The van der Waals surface area contributed by atoms with E-state index < -0.39 is 44.0 Å². The SMILES string of the molecule is CNC(=O)CCC(C=O)N(C)C(=O)c1c(C=O)cccc1NCCCCCCCC(=O)N1CC2(CCC(c3ccc(Cl)cc3)=C(CN3CCN(c4ccc(C(=O)c5ccc(NC(CCN6CCOCC6)CSc6ccccc6)c(S(=O)(=O)C(F)(F)F)c5)cc4)CC3)C2)C1. The van der Waals surface area contributed by atoms with Gasteiger partial charge in [0.15, 0.2) is 12.1 Å². The van der Waals surface area contributed by atoms with E-state index in [1.165, 1.54) is 54.0 Å². The third-order valence-corrected chi connectivity index (χ3v) is 21.3. The third-order valence-electron chi connectivity index (χ3n) is 18.3. The Bertz CT molecular complexity index is 3540. The Labute approximate surface area is 553 Å². The maximum Gasteiger partial charge on any atom is 0.501 e. The summed E-state index contributed by atoms with van der Waals surface area (Å²) in [4.78, 5) is 87.2. The molecule has 5 aromatic rings. The molecule has 5 aromatic carbocycles. The Kier molecular flexibility index (Phi) is 24.8. The van der Waals surface area contributed by atoms with Gasteiger partial charge in [0.05, 0.1) is 35.4 Å². The summed E-state index contributed by atoms with van der Waals surface area (Å²) in [6, 6.07) is 31.7. The normalized spacial score (nSPS) is 16.9. The number of allylic oxidation sites excluding steroid dienone is 1. The minimum absolute atomic E-state index is 0.00420.